The molecule has 6 nitrogen and oxygen atoms in total. The number of unbranched alkanes of at least 4 members (excludes halogenated alkanes) is 2. The Morgan fingerprint density at radius 2 is 0.905 bits per heavy atom. The predicted molar refractivity (Wildman–Crippen MR) is 75.0 cm³/mol. The van der Waals surface area contributed by atoms with Crippen molar-refractivity contribution >= 4 is 23.6 Å². The van der Waals surface area contributed by atoms with Crippen molar-refractivity contribution in [2.75, 3.05) is 13.1 Å². The van der Waals surface area contributed by atoms with Crippen molar-refractivity contribution in [2.45, 2.75) is 57.8 Å². The number of likely N-dealkylation sites (tertiary alicyclic amines) is 2. The molecular weight excluding hydrogens is 272 g/mol. The van der Waals surface area contributed by atoms with Gasteiger partial charge in [-0.25, -0.2) is 0 Å². The number of hydrogen-bond acceptors (Lipinski definition) is 4. The molecule has 0 N–H and O–H groups in total. The zero-order valence-corrected chi connectivity index (χ0v) is 12.3. The van der Waals surface area contributed by atoms with Crippen LogP contribution in [0.15, 0.2) is 0 Å². The highest BCUT2D eigenvalue weighted by atomic mass is 16.2. The number of carbonyl (C=O) groups excluding carboxylic acids is 4. The number of imide groups is 2. The molecule has 0 aromatic heterocycles. The van der Waals surface area contributed by atoms with Crippen LogP contribution in [-0.2, 0) is 19.2 Å². The first-order chi connectivity index (χ1) is 10.1. The maximum Gasteiger partial charge on any atom is 0.229 e. The molecule has 2 aliphatic rings. The fourth-order valence-electron chi connectivity index (χ4n) is 2.82. The van der Waals surface area contributed by atoms with Crippen LogP contribution in [0.5, 0.6) is 0 Å². The first-order valence-corrected chi connectivity index (χ1v) is 7.76. The van der Waals surface area contributed by atoms with Crippen LogP contribution < -0.4 is 0 Å². The molecule has 4 amide bonds. The Morgan fingerprint density at radius 1 is 0.571 bits per heavy atom. The molecule has 2 heterocycles. The molecule has 0 saturated carbocycles. The van der Waals surface area contributed by atoms with Crippen LogP contribution in [0.1, 0.15) is 57.8 Å². The lowest BCUT2D eigenvalue weighted by Gasteiger charge is -2.26. The Kier molecular flexibility index (Phi) is 5.47. The normalized spacial score (nSPS) is 20.4. The van der Waals surface area contributed by atoms with Gasteiger partial charge in [0, 0.05) is 38.8 Å². The summed E-state index contributed by atoms with van der Waals surface area (Å²) in [6, 6.07) is 0. The molecule has 2 fully saturated rings. The van der Waals surface area contributed by atoms with E-state index in [-0.39, 0.29) is 23.6 Å². The first-order valence-electron chi connectivity index (χ1n) is 7.76. The van der Waals surface area contributed by atoms with E-state index < -0.39 is 0 Å². The van der Waals surface area contributed by atoms with Crippen molar-refractivity contribution in [1.29, 1.82) is 0 Å². The molecule has 21 heavy (non-hydrogen) atoms. The summed E-state index contributed by atoms with van der Waals surface area (Å²) in [5, 5.41) is 0. The van der Waals surface area contributed by atoms with E-state index in [1.165, 1.54) is 9.80 Å². The van der Waals surface area contributed by atoms with Gasteiger partial charge >= 0.3 is 0 Å². The van der Waals surface area contributed by atoms with Gasteiger partial charge in [-0.1, -0.05) is 0 Å². The summed E-state index contributed by atoms with van der Waals surface area (Å²) in [4.78, 5) is 49.1. The van der Waals surface area contributed by atoms with Gasteiger partial charge in [-0.15, -0.1) is 0 Å². The zero-order chi connectivity index (χ0) is 15.2. The van der Waals surface area contributed by atoms with E-state index in [9.17, 15) is 19.2 Å². The average molecular weight is 294 g/mol. The first kappa shape index (κ1) is 15.7. The second-order valence-electron chi connectivity index (χ2n) is 5.65. The third kappa shape index (κ3) is 4.12. The van der Waals surface area contributed by atoms with E-state index in [2.05, 4.69) is 0 Å². The van der Waals surface area contributed by atoms with E-state index in [1.807, 2.05) is 0 Å². The Labute approximate surface area is 124 Å². The topological polar surface area (TPSA) is 74.8 Å². The van der Waals surface area contributed by atoms with Crippen molar-refractivity contribution in [3.63, 3.8) is 0 Å². The van der Waals surface area contributed by atoms with Crippen molar-refractivity contribution in [2.24, 2.45) is 0 Å². The molecule has 0 bridgehead atoms. The van der Waals surface area contributed by atoms with Crippen molar-refractivity contribution in [3.8, 4) is 0 Å². The quantitative estimate of drug-likeness (QED) is 0.545. The monoisotopic (exact) mass is 294 g/mol. The molecule has 2 saturated heterocycles. The van der Waals surface area contributed by atoms with Crippen LogP contribution in [0.4, 0.5) is 0 Å². The van der Waals surface area contributed by atoms with Gasteiger partial charge in [-0.05, 0) is 32.1 Å². The minimum Gasteiger partial charge on any atom is -0.283 e. The minimum absolute atomic E-state index is 0.0763. The number of piperidine rings is 2. The lowest BCUT2D eigenvalue weighted by molar-refractivity contribution is -0.149. The minimum atomic E-state index is -0.0763. The molecule has 0 atom stereocenters. The molecule has 0 spiro atoms. The van der Waals surface area contributed by atoms with Crippen LogP contribution in [0, 0.1) is 0 Å². The highest BCUT2D eigenvalue weighted by Gasteiger charge is 2.26. The Balaban J connectivity index is 1.65. The summed E-state index contributed by atoms with van der Waals surface area (Å²) >= 11 is 0. The number of rotatable bonds is 6. The fourth-order valence-corrected chi connectivity index (χ4v) is 2.82. The second-order valence-corrected chi connectivity index (χ2v) is 5.65. The lowest BCUT2D eigenvalue weighted by Crippen LogP contribution is -2.41. The molecular formula is C15H22N2O4. The smallest absolute Gasteiger partial charge is 0.229 e. The zero-order valence-electron chi connectivity index (χ0n) is 12.3. The third-order valence-corrected chi connectivity index (χ3v) is 4.03. The van der Waals surface area contributed by atoms with Gasteiger partial charge in [0.15, 0.2) is 0 Å². The highest BCUT2D eigenvalue weighted by Crippen LogP contribution is 2.15. The van der Waals surface area contributed by atoms with E-state index in [4.69, 9.17) is 0 Å². The number of hydrogen-bond donors (Lipinski definition) is 0. The molecule has 6 heteroatoms. The van der Waals surface area contributed by atoms with Gasteiger partial charge in [0.25, 0.3) is 0 Å². The van der Waals surface area contributed by atoms with E-state index in [0.29, 0.717) is 51.6 Å². The summed E-state index contributed by atoms with van der Waals surface area (Å²) in [6.45, 7) is 0.916. The summed E-state index contributed by atoms with van der Waals surface area (Å²) < 4.78 is 0. The van der Waals surface area contributed by atoms with E-state index in [1.54, 1.807) is 0 Å². The van der Waals surface area contributed by atoms with Gasteiger partial charge in [0.2, 0.25) is 23.6 Å². The van der Waals surface area contributed by atoms with Crippen LogP contribution in [-0.4, -0.2) is 46.5 Å². The van der Waals surface area contributed by atoms with Gasteiger partial charge in [0.1, 0.15) is 0 Å². The summed E-state index contributed by atoms with van der Waals surface area (Å²) in [5.74, 6) is -0.305. The molecule has 0 aromatic carbocycles. The summed E-state index contributed by atoms with van der Waals surface area (Å²) in [5.41, 5.74) is 0. The van der Waals surface area contributed by atoms with Crippen molar-refractivity contribution < 1.29 is 19.2 Å². The molecule has 0 aromatic rings. The fraction of sp³-hybridized carbons (Fsp3) is 0.733. The number of nitrogens with zero attached hydrogens (tertiary/aromatic N) is 2. The second kappa shape index (κ2) is 7.33. The van der Waals surface area contributed by atoms with Crippen LogP contribution in [0.25, 0.3) is 0 Å². The van der Waals surface area contributed by atoms with E-state index in [0.717, 1.165) is 19.3 Å². The summed E-state index contributed by atoms with van der Waals surface area (Å²) in [6.07, 6.45) is 5.42. The van der Waals surface area contributed by atoms with Gasteiger partial charge in [-0.2, -0.15) is 0 Å². The predicted octanol–water partition coefficient (Wildman–Crippen LogP) is 1.23. The van der Waals surface area contributed by atoms with Crippen LogP contribution in [0.2, 0.25) is 0 Å². The molecule has 0 unspecified atom stereocenters. The largest absolute Gasteiger partial charge is 0.283 e. The average Bonchev–Trinajstić information content (AvgIpc) is 2.44. The van der Waals surface area contributed by atoms with Crippen LogP contribution in [0.3, 0.4) is 0 Å². The molecule has 0 aliphatic carbocycles. The SMILES string of the molecule is O=C1CCCC(=O)N1CCCCCN1C(=O)CCCC1=O. The molecule has 116 valence electrons. The van der Waals surface area contributed by atoms with Crippen molar-refractivity contribution in [3.05, 3.63) is 0 Å². The maximum atomic E-state index is 11.6. The molecule has 0 radical (unpaired) electrons. The van der Waals surface area contributed by atoms with Gasteiger partial charge in [-0.3, -0.25) is 29.0 Å². The molecule has 2 aliphatic heterocycles. The van der Waals surface area contributed by atoms with Crippen molar-refractivity contribution in [1.82, 2.24) is 9.80 Å². The van der Waals surface area contributed by atoms with Gasteiger partial charge in [0.05, 0.1) is 0 Å². The summed E-state index contributed by atoms with van der Waals surface area (Å²) in [7, 11) is 0. The Hall–Kier alpha value is -1.72. The standard InChI is InChI=1S/C15H22N2O4/c18-12-6-4-7-13(19)16(12)10-2-1-3-11-17-14(20)8-5-9-15(17)21/h1-11H2. The van der Waals surface area contributed by atoms with Crippen LogP contribution >= 0.6 is 0 Å². The third-order valence-electron chi connectivity index (χ3n) is 4.03. The van der Waals surface area contributed by atoms with Gasteiger partial charge < -0.3 is 0 Å². The maximum absolute atomic E-state index is 11.6. The Bertz CT molecular complexity index is 375. The molecule has 2 rings (SSSR count). The Morgan fingerprint density at radius 3 is 1.24 bits per heavy atom. The lowest BCUT2D eigenvalue weighted by atomic mass is 10.1. The number of carbonyl (C=O) groups is 4. The van der Waals surface area contributed by atoms with E-state index >= 15 is 0 Å². The highest BCUT2D eigenvalue weighted by molar-refractivity contribution is 5.98. The number of amides is 4.